The van der Waals surface area contributed by atoms with Crippen LogP contribution in [0.2, 0.25) is 0 Å². The van der Waals surface area contributed by atoms with Crippen LogP contribution in [0.5, 0.6) is 23.0 Å². The summed E-state index contributed by atoms with van der Waals surface area (Å²) in [4.78, 5) is 0. The molecule has 0 N–H and O–H groups in total. The van der Waals surface area contributed by atoms with Crippen molar-refractivity contribution >= 4 is 0 Å². The number of benzene rings is 2. The molecular formula is C20H23N3O4. The average Bonchev–Trinajstić information content (AvgIpc) is 3.21. The zero-order valence-corrected chi connectivity index (χ0v) is 15.9. The largest absolute Gasteiger partial charge is 0.497 e. The molecular weight excluding hydrogens is 346 g/mol. The van der Waals surface area contributed by atoms with E-state index < -0.39 is 0 Å². The summed E-state index contributed by atoms with van der Waals surface area (Å²) < 4.78 is 23.7. The van der Waals surface area contributed by atoms with Gasteiger partial charge >= 0.3 is 0 Å². The molecule has 0 unspecified atom stereocenters. The molecule has 3 rings (SSSR count). The second-order valence-corrected chi connectivity index (χ2v) is 5.79. The van der Waals surface area contributed by atoms with E-state index in [0.717, 1.165) is 23.4 Å². The van der Waals surface area contributed by atoms with Gasteiger partial charge in [-0.25, -0.2) is 4.68 Å². The van der Waals surface area contributed by atoms with Crippen LogP contribution in [0.3, 0.4) is 0 Å². The number of nitrogens with zero attached hydrogens (tertiary/aromatic N) is 3. The fraction of sp³-hybridized carbons (Fsp3) is 0.300. The molecule has 0 saturated heterocycles. The van der Waals surface area contributed by atoms with Crippen LogP contribution in [0.15, 0.2) is 42.6 Å². The second kappa shape index (κ2) is 8.44. The maximum atomic E-state index is 5.65. The Labute approximate surface area is 158 Å². The first-order chi connectivity index (χ1) is 13.2. The van der Waals surface area contributed by atoms with E-state index >= 15 is 0 Å². The lowest BCUT2D eigenvalue weighted by Gasteiger charge is -2.16. The van der Waals surface area contributed by atoms with E-state index in [0.29, 0.717) is 29.5 Å². The van der Waals surface area contributed by atoms with Crippen LogP contribution in [0.4, 0.5) is 0 Å². The molecule has 7 nitrogen and oxygen atoms in total. The molecule has 0 spiro atoms. The van der Waals surface area contributed by atoms with Gasteiger partial charge in [-0.3, -0.25) is 0 Å². The standard InChI is InChI=1S/C20H23N3O4/c1-5-10-27-15-8-6-14(7-9-15)18-13-21-22-23(18)17-11-16(24-2)12-19(25-3)20(17)26-4/h6-9,11-13H,5,10H2,1-4H3. The fourth-order valence-electron chi connectivity index (χ4n) is 2.75. The van der Waals surface area contributed by atoms with Gasteiger partial charge in [-0.05, 0) is 30.7 Å². The Morgan fingerprint density at radius 3 is 2.33 bits per heavy atom. The third-order valence-electron chi connectivity index (χ3n) is 4.07. The molecule has 0 aliphatic heterocycles. The van der Waals surface area contributed by atoms with Crippen LogP contribution >= 0.6 is 0 Å². The predicted octanol–water partition coefficient (Wildman–Crippen LogP) is 3.75. The maximum absolute atomic E-state index is 5.65. The number of hydrogen-bond acceptors (Lipinski definition) is 6. The Hall–Kier alpha value is -3.22. The highest BCUT2D eigenvalue weighted by atomic mass is 16.5. The smallest absolute Gasteiger partial charge is 0.186 e. The van der Waals surface area contributed by atoms with Gasteiger partial charge in [0.15, 0.2) is 11.5 Å². The van der Waals surface area contributed by atoms with Gasteiger partial charge < -0.3 is 18.9 Å². The van der Waals surface area contributed by atoms with Crippen molar-refractivity contribution in [2.75, 3.05) is 27.9 Å². The first-order valence-electron chi connectivity index (χ1n) is 8.66. The summed E-state index contributed by atoms with van der Waals surface area (Å²) in [5.74, 6) is 2.57. The lowest BCUT2D eigenvalue weighted by Crippen LogP contribution is -2.04. The first-order valence-corrected chi connectivity index (χ1v) is 8.66. The summed E-state index contributed by atoms with van der Waals surface area (Å²) >= 11 is 0. The molecule has 142 valence electrons. The van der Waals surface area contributed by atoms with Crippen LogP contribution in [0.1, 0.15) is 13.3 Å². The van der Waals surface area contributed by atoms with Gasteiger partial charge in [-0.1, -0.05) is 12.1 Å². The van der Waals surface area contributed by atoms with E-state index in [-0.39, 0.29) is 0 Å². The maximum Gasteiger partial charge on any atom is 0.186 e. The highest BCUT2D eigenvalue weighted by molar-refractivity contribution is 5.66. The number of ether oxygens (including phenoxy) is 4. The third kappa shape index (κ3) is 3.81. The number of methoxy groups -OCH3 is 3. The molecule has 0 amide bonds. The zero-order chi connectivity index (χ0) is 19.2. The van der Waals surface area contributed by atoms with Crippen molar-refractivity contribution in [1.29, 1.82) is 0 Å². The van der Waals surface area contributed by atoms with E-state index in [9.17, 15) is 0 Å². The fourth-order valence-corrected chi connectivity index (χ4v) is 2.75. The average molecular weight is 369 g/mol. The zero-order valence-electron chi connectivity index (χ0n) is 15.9. The van der Waals surface area contributed by atoms with Crippen LogP contribution in [0, 0.1) is 0 Å². The van der Waals surface area contributed by atoms with Crippen molar-refractivity contribution in [3.63, 3.8) is 0 Å². The van der Waals surface area contributed by atoms with Gasteiger partial charge in [0.25, 0.3) is 0 Å². The van der Waals surface area contributed by atoms with Gasteiger partial charge in [0.2, 0.25) is 0 Å². The monoisotopic (exact) mass is 369 g/mol. The topological polar surface area (TPSA) is 67.6 Å². The summed E-state index contributed by atoms with van der Waals surface area (Å²) in [5.41, 5.74) is 2.44. The quantitative estimate of drug-likeness (QED) is 0.602. The van der Waals surface area contributed by atoms with E-state index in [1.54, 1.807) is 38.3 Å². The van der Waals surface area contributed by atoms with Crippen molar-refractivity contribution in [3.05, 3.63) is 42.6 Å². The minimum atomic E-state index is 0.549. The third-order valence-corrected chi connectivity index (χ3v) is 4.07. The Kier molecular flexibility index (Phi) is 5.80. The molecule has 0 aliphatic carbocycles. The summed E-state index contributed by atoms with van der Waals surface area (Å²) in [6.45, 7) is 2.77. The van der Waals surface area contributed by atoms with Gasteiger partial charge in [0.1, 0.15) is 17.2 Å². The first kappa shape index (κ1) is 18.6. The molecule has 0 saturated carbocycles. The minimum absolute atomic E-state index is 0.549. The molecule has 1 heterocycles. The number of hydrogen-bond donors (Lipinski definition) is 0. The summed E-state index contributed by atoms with van der Waals surface area (Å²) in [7, 11) is 4.77. The second-order valence-electron chi connectivity index (χ2n) is 5.79. The Morgan fingerprint density at radius 1 is 0.926 bits per heavy atom. The molecule has 3 aromatic rings. The number of aromatic nitrogens is 3. The molecule has 7 heteroatoms. The van der Waals surface area contributed by atoms with Crippen molar-refractivity contribution in [3.8, 4) is 39.9 Å². The van der Waals surface area contributed by atoms with Crippen molar-refractivity contribution in [2.24, 2.45) is 0 Å². The van der Waals surface area contributed by atoms with E-state index in [1.807, 2.05) is 30.3 Å². The van der Waals surface area contributed by atoms with Crippen LogP contribution in [-0.2, 0) is 0 Å². The van der Waals surface area contributed by atoms with Crippen molar-refractivity contribution in [2.45, 2.75) is 13.3 Å². The van der Waals surface area contributed by atoms with Gasteiger partial charge in [-0.2, -0.15) is 0 Å². The van der Waals surface area contributed by atoms with Crippen LogP contribution in [0.25, 0.3) is 16.9 Å². The molecule has 0 aliphatic rings. The molecule has 0 bridgehead atoms. The van der Waals surface area contributed by atoms with Crippen LogP contribution < -0.4 is 18.9 Å². The Morgan fingerprint density at radius 2 is 1.70 bits per heavy atom. The summed E-state index contributed by atoms with van der Waals surface area (Å²) in [6.07, 6.45) is 2.67. The Balaban J connectivity index is 2.05. The van der Waals surface area contributed by atoms with Crippen molar-refractivity contribution in [1.82, 2.24) is 15.0 Å². The molecule has 0 fully saturated rings. The lowest BCUT2D eigenvalue weighted by atomic mass is 10.1. The molecule has 0 atom stereocenters. The molecule has 1 aromatic heterocycles. The lowest BCUT2D eigenvalue weighted by molar-refractivity contribution is 0.317. The van der Waals surface area contributed by atoms with Crippen molar-refractivity contribution < 1.29 is 18.9 Å². The number of rotatable bonds is 8. The van der Waals surface area contributed by atoms with E-state index in [4.69, 9.17) is 18.9 Å². The van der Waals surface area contributed by atoms with Gasteiger partial charge in [0, 0.05) is 17.7 Å². The summed E-state index contributed by atoms with van der Waals surface area (Å²) in [5, 5.41) is 8.32. The highest BCUT2D eigenvalue weighted by Crippen LogP contribution is 2.39. The predicted molar refractivity (Wildman–Crippen MR) is 102 cm³/mol. The normalized spacial score (nSPS) is 10.5. The molecule has 0 radical (unpaired) electrons. The minimum Gasteiger partial charge on any atom is -0.497 e. The van der Waals surface area contributed by atoms with Crippen LogP contribution in [-0.4, -0.2) is 42.9 Å². The Bertz CT molecular complexity index is 891. The molecule has 27 heavy (non-hydrogen) atoms. The van der Waals surface area contributed by atoms with Gasteiger partial charge in [0.05, 0.1) is 39.8 Å². The van der Waals surface area contributed by atoms with Gasteiger partial charge in [-0.15, -0.1) is 5.10 Å². The van der Waals surface area contributed by atoms with E-state index in [2.05, 4.69) is 17.2 Å². The van der Waals surface area contributed by atoms with E-state index in [1.165, 1.54) is 0 Å². The highest BCUT2D eigenvalue weighted by Gasteiger charge is 2.18. The summed E-state index contributed by atoms with van der Waals surface area (Å²) in [6, 6.07) is 11.4. The molecule has 2 aromatic carbocycles. The SMILES string of the molecule is CCCOc1ccc(-c2cnnn2-c2cc(OC)cc(OC)c2OC)cc1.